The van der Waals surface area contributed by atoms with Crippen LogP contribution in [0, 0.1) is 5.82 Å². The lowest BCUT2D eigenvalue weighted by atomic mass is 10.1. The number of carbonyl (C=O) groups excluding carboxylic acids is 2. The summed E-state index contributed by atoms with van der Waals surface area (Å²) in [5.74, 6) is -0.233. The summed E-state index contributed by atoms with van der Waals surface area (Å²) in [7, 11) is 0. The van der Waals surface area contributed by atoms with Gasteiger partial charge in [-0.05, 0) is 49.6 Å². The average Bonchev–Trinajstić information content (AvgIpc) is 2.68. The van der Waals surface area contributed by atoms with Crippen molar-refractivity contribution < 1.29 is 14.0 Å². The number of carbonyl (C=O) groups is 2. The zero-order valence-corrected chi connectivity index (χ0v) is 15.0. The van der Waals surface area contributed by atoms with E-state index in [9.17, 15) is 14.0 Å². The number of likely N-dealkylation sites (tertiary alicyclic amines) is 1. The topological polar surface area (TPSA) is 75.2 Å². The van der Waals surface area contributed by atoms with E-state index in [1.54, 1.807) is 12.1 Å². The summed E-state index contributed by atoms with van der Waals surface area (Å²) in [6.45, 7) is 1.66. The summed E-state index contributed by atoms with van der Waals surface area (Å²) >= 11 is 1.32. The molecular weight excluding hydrogens is 355 g/mol. The molecule has 0 radical (unpaired) electrons. The number of hydrogen-bond donors (Lipinski definition) is 1. The highest BCUT2D eigenvalue weighted by Crippen LogP contribution is 2.18. The Morgan fingerprint density at radius 2 is 1.92 bits per heavy atom. The molecule has 0 bridgehead atoms. The third kappa shape index (κ3) is 5.01. The molecule has 1 aromatic carbocycles. The molecule has 3 rings (SSSR count). The van der Waals surface area contributed by atoms with Crippen LogP contribution in [-0.2, 0) is 4.79 Å². The second-order valence-corrected chi connectivity index (χ2v) is 6.95. The maximum atomic E-state index is 13.2. The second-order valence-electron chi connectivity index (χ2n) is 5.95. The first-order valence-corrected chi connectivity index (χ1v) is 9.41. The van der Waals surface area contributed by atoms with Gasteiger partial charge in [0.25, 0.3) is 5.91 Å². The number of hydrogen-bond acceptors (Lipinski definition) is 5. The highest BCUT2D eigenvalue weighted by atomic mass is 32.2. The Morgan fingerprint density at radius 3 is 2.62 bits per heavy atom. The van der Waals surface area contributed by atoms with E-state index >= 15 is 0 Å². The fraction of sp³-hybridized carbons (Fsp3) is 0.333. The maximum absolute atomic E-state index is 13.2. The number of aromatic nitrogens is 2. The quantitative estimate of drug-likeness (QED) is 0.815. The van der Waals surface area contributed by atoms with Crippen molar-refractivity contribution in [2.75, 3.05) is 24.2 Å². The molecule has 6 nitrogen and oxygen atoms in total. The first-order chi connectivity index (χ1) is 12.6. The van der Waals surface area contributed by atoms with Gasteiger partial charge in [-0.3, -0.25) is 9.59 Å². The van der Waals surface area contributed by atoms with Gasteiger partial charge < -0.3 is 10.2 Å². The second kappa shape index (κ2) is 8.75. The highest BCUT2D eigenvalue weighted by Gasteiger charge is 2.16. The lowest BCUT2D eigenvalue weighted by Crippen LogP contribution is -2.36. The van der Waals surface area contributed by atoms with E-state index in [4.69, 9.17) is 0 Å². The SMILES string of the molecule is O=C(Nc1ccc(SCC(=O)N2CCCCC2)nn1)c1cccc(F)c1. The van der Waals surface area contributed by atoms with Gasteiger partial charge in [0, 0.05) is 18.7 Å². The Hall–Kier alpha value is -2.48. The number of thioether (sulfide) groups is 1. The highest BCUT2D eigenvalue weighted by molar-refractivity contribution is 7.99. The van der Waals surface area contributed by atoms with E-state index in [2.05, 4.69) is 15.5 Å². The third-order valence-electron chi connectivity index (χ3n) is 4.02. The zero-order chi connectivity index (χ0) is 18.4. The molecule has 1 N–H and O–H groups in total. The standard InChI is InChI=1S/C18H19FN4O2S/c19-14-6-4-5-13(11-14)18(25)20-15-7-8-16(22-21-15)26-12-17(24)23-9-2-1-3-10-23/h4-8,11H,1-3,9-10,12H2,(H,20,21,25). The number of amides is 2. The summed E-state index contributed by atoms with van der Waals surface area (Å²) in [6.07, 6.45) is 3.32. The Balaban J connectivity index is 1.51. The van der Waals surface area contributed by atoms with Crippen molar-refractivity contribution in [2.45, 2.75) is 24.3 Å². The Kier molecular flexibility index (Phi) is 6.17. The van der Waals surface area contributed by atoms with Crippen LogP contribution in [0.25, 0.3) is 0 Å². The van der Waals surface area contributed by atoms with Crippen molar-refractivity contribution in [1.29, 1.82) is 0 Å². The zero-order valence-electron chi connectivity index (χ0n) is 14.2. The lowest BCUT2D eigenvalue weighted by molar-refractivity contribution is -0.129. The lowest BCUT2D eigenvalue weighted by Gasteiger charge is -2.26. The van der Waals surface area contributed by atoms with Gasteiger partial charge in [-0.25, -0.2) is 4.39 Å². The molecule has 2 heterocycles. The fourth-order valence-electron chi connectivity index (χ4n) is 2.65. The van der Waals surface area contributed by atoms with Crippen LogP contribution in [0.15, 0.2) is 41.4 Å². The van der Waals surface area contributed by atoms with Gasteiger partial charge in [0.2, 0.25) is 5.91 Å². The molecule has 8 heteroatoms. The van der Waals surface area contributed by atoms with Gasteiger partial charge in [0.05, 0.1) is 5.75 Å². The van der Waals surface area contributed by atoms with Gasteiger partial charge in [0.15, 0.2) is 5.82 Å². The number of benzene rings is 1. The van der Waals surface area contributed by atoms with Crippen LogP contribution in [0.1, 0.15) is 29.6 Å². The molecule has 136 valence electrons. The van der Waals surface area contributed by atoms with Gasteiger partial charge >= 0.3 is 0 Å². The third-order valence-corrected chi connectivity index (χ3v) is 4.93. The van der Waals surface area contributed by atoms with Crippen molar-refractivity contribution >= 4 is 29.4 Å². The van der Waals surface area contributed by atoms with Crippen molar-refractivity contribution in [2.24, 2.45) is 0 Å². The van der Waals surface area contributed by atoms with E-state index in [1.165, 1.54) is 36.4 Å². The van der Waals surface area contributed by atoms with Crippen LogP contribution in [0.3, 0.4) is 0 Å². The normalized spacial score (nSPS) is 14.1. The van der Waals surface area contributed by atoms with Crippen molar-refractivity contribution in [1.82, 2.24) is 15.1 Å². The van der Waals surface area contributed by atoms with Gasteiger partial charge in [-0.1, -0.05) is 17.8 Å². The summed E-state index contributed by atoms with van der Waals surface area (Å²) in [5.41, 5.74) is 0.206. The number of nitrogens with one attached hydrogen (secondary N) is 1. The predicted molar refractivity (Wildman–Crippen MR) is 97.5 cm³/mol. The minimum Gasteiger partial charge on any atom is -0.342 e. The molecule has 0 saturated carbocycles. The van der Waals surface area contributed by atoms with Crippen molar-refractivity contribution in [3.8, 4) is 0 Å². The van der Waals surface area contributed by atoms with Crippen LogP contribution in [0.2, 0.25) is 0 Å². The largest absolute Gasteiger partial charge is 0.342 e. The summed E-state index contributed by atoms with van der Waals surface area (Å²) in [4.78, 5) is 26.1. The Bertz CT molecular complexity index is 779. The van der Waals surface area contributed by atoms with E-state index in [0.717, 1.165) is 32.0 Å². The summed E-state index contributed by atoms with van der Waals surface area (Å²) in [5, 5.41) is 11.1. The number of anilines is 1. The molecule has 26 heavy (non-hydrogen) atoms. The fourth-order valence-corrected chi connectivity index (χ4v) is 3.37. The van der Waals surface area contributed by atoms with Crippen molar-refractivity contribution in [3.05, 3.63) is 47.8 Å². The van der Waals surface area contributed by atoms with Gasteiger partial charge in [-0.15, -0.1) is 10.2 Å². The molecule has 0 aliphatic carbocycles. The molecule has 1 aromatic heterocycles. The maximum Gasteiger partial charge on any atom is 0.256 e. The first kappa shape index (κ1) is 18.3. The predicted octanol–water partition coefficient (Wildman–Crippen LogP) is 2.97. The van der Waals surface area contributed by atoms with Crippen LogP contribution in [-0.4, -0.2) is 45.8 Å². The smallest absolute Gasteiger partial charge is 0.256 e. The molecule has 1 saturated heterocycles. The van der Waals surface area contributed by atoms with Crippen LogP contribution in [0.5, 0.6) is 0 Å². The molecule has 0 unspecified atom stereocenters. The molecule has 1 aliphatic rings. The van der Waals surface area contributed by atoms with E-state index in [1.807, 2.05) is 4.90 Å². The number of rotatable bonds is 5. The summed E-state index contributed by atoms with van der Waals surface area (Å²) in [6, 6.07) is 8.71. The van der Waals surface area contributed by atoms with Gasteiger partial charge in [-0.2, -0.15) is 0 Å². The molecular formula is C18H19FN4O2S. The number of nitrogens with zero attached hydrogens (tertiary/aromatic N) is 3. The minimum atomic E-state index is -0.478. The van der Waals surface area contributed by atoms with Crippen molar-refractivity contribution in [3.63, 3.8) is 0 Å². The van der Waals surface area contributed by atoms with E-state index in [0.29, 0.717) is 10.8 Å². The Morgan fingerprint density at radius 1 is 1.12 bits per heavy atom. The molecule has 1 aliphatic heterocycles. The molecule has 0 atom stereocenters. The average molecular weight is 374 g/mol. The van der Waals surface area contributed by atoms with Crippen LogP contribution in [0.4, 0.5) is 10.2 Å². The van der Waals surface area contributed by atoms with Crippen LogP contribution < -0.4 is 5.32 Å². The summed E-state index contributed by atoms with van der Waals surface area (Å²) < 4.78 is 13.2. The number of halogens is 1. The molecule has 2 amide bonds. The molecule has 2 aromatic rings. The molecule has 0 spiro atoms. The van der Waals surface area contributed by atoms with E-state index in [-0.39, 0.29) is 17.3 Å². The Labute approximate surface area is 155 Å². The number of piperidine rings is 1. The monoisotopic (exact) mass is 374 g/mol. The minimum absolute atomic E-state index is 0.111. The molecule has 1 fully saturated rings. The van der Waals surface area contributed by atoms with Gasteiger partial charge in [0.1, 0.15) is 10.8 Å². The first-order valence-electron chi connectivity index (χ1n) is 8.43. The van der Waals surface area contributed by atoms with Crippen LogP contribution >= 0.6 is 11.8 Å². The van der Waals surface area contributed by atoms with E-state index < -0.39 is 11.7 Å².